The molecule has 1 aliphatic carbocycles. The Labute approximate surface area is 317 Å². The maximum atomic E-state index is 12.4. The normalized spacial score (nSPS) is 15.4. The van der Waals surface area contributed by atoms with Crippen molar-refractivity contribution < 1.29 is 9.53 Å². The van der Waals surface area contributed by atoms with Gasteiger partial charge in [-0.05, 0) is 68.0 Å². The maximum absolute atomic E-state index is 12.4. The van der Waals surface area contributed by atoms with Crippen molar-refractivity contribution in [1.82, 2.24) is 9.80 Å². The standard InChI is InChI=1S/C44H37N8O2/c1-6-54-44(53)52-25-23-51(24-26-52)42-35(9-7-11-37(27-45)40(39(29-47)30-48)33-17-13-31(2)14-18-33)21-22-36(42)10-8-12-38(28-46)41(43(49-4)50-5)34-19-15-32(3)16-20-34/h7-20H,6,21-26H2,1-3H3/q-1/b10-8+,11-7+,35-9+,38-12+,40-37-. The van der Waals surface area contributed by atoms with E-state index in [2.05, 4.69) is 26.7 Å². The Bertz CT molecular complexity index is 2250. The molecule has 4 rings (SSSR count). The van der Waals surface area contributed by atoms with Crippen LogP contribution in [-0.2, 0) is 4.74 Å². The monoisotopic (exact) mass is 709 g/mol. The third-order valence-electron chi connectivity index (χ3n) is 8.88. The van der Waals surface area contributed by atoms with Gasteiger partial charge in [0.1, 0.15) is 19.2 Å². The van der Waals surface area contributed by atoms with E-state index in [1.807, 2.05) is 62.2 Å². The average molecular weight is 710 g/mol. The van der Waals surface area contributed by atoms with E-state index < -0.39 is 0 Å². The first kappa shape index (κ1) is 39.4. The van der Waals surface area contributed by atoms with Gasteiger partial charge in [0.2, 0.25) is 0 Å². The Morgan fingerprint density at radius 1 is 0.870 bits per heavy atom. The van der Waals surface area contributed by atoms with Crippen LogP contribution < -0.4 is 0 Å². The second-order valence-corrected chi connectivity index (χ2v) is 12.3. The molecule has 0 N–H and O–H groups in total. The summed E-state index contributed by atoms with van der Waals surface area (Å²) in [7, 11) is 0. The average Bonchev–Trinajstić information content (AvgIpc) is 3.60. The predicted molar refractivity (Wildman–Crippen MR) is 209 cm³/mol. The molecule has 54 heavy (non-hydrogen) atoms. The highest BCUT2D eigenvalue weighted by Gasteiger charge is 2.28. The highest BCUT2D eigenvalue weighted by Crippen LogP contribution is 2.36. The van der Waals surface area contributed by atoms with Crippen molar-refractivity contribution >= 4 is 23.1 Å². The molecule has 1 saturated heterocycles. The minimum Gasteiger partial charge on any atom is -0.762 e. The first-order valence-corrected chi connectivity index (χ1v) is 17.2. The summed E-state index contributed by atoms with van der Waals surface area (Å²) in [4.78, 5) is 23.1. The minimum atomic E-state index is -0.354. The van der Waals surface area contributed by atoms with Crippen molar-refractivity contribution in [3.63, 3.8) is 0 Å². The van der Waals surface area contributed by atoms with Crippen molar-refractivity contribution in [2.24, 2.45) is 0 Å². The molecule has 0 aromatic heterocycles. The van der Waals surface area contributed by atoms with Crippen LogP contribution in [0.15, 0.2) is 124 Å². The van der Waals surface area contributed by atoms with E-state index in [1.165, 1.54) is 0 Å². The molecule has 0 spiro atoms. The number of rotatable bonds is 10. The number of carbonyl (C=O) groups is 1. The Hall–Kier alpha value is -7.41. The number of hydrogen-bond donors (Lipinski definition) is 0. The summed E-state index contributed by atoms with van der Waals surface area (Å²) in [6.45, 7) is 23.1. The highest BCUT2D eigenvalue weighted by atomic mass is 16.6. The smallest absolute Gasteiger partial charge is 0.528 e. The molecule has 10 nitrogen and oxygen atoms in total. The number of hydrogen-bond acceptors (Lipinski definition) is 6. The summed E-state index contributed by atoms with van der Waals surface area (Å²) in [5.41, 5.74) is 6.87. The molecule has 1 fully saturated rings. The van der Waals surface area contributed by atoms with E-state index in [1.54, 1.807) is 60.4 Å². The van der Waals surface area contributed by atoms with Crippen molar-refractivity contribution in [1.29, 1.82) is 15.8 Å². The van der Waals surface area contributed by atoms with Crippen LogP contribution in [0.25, 0.3) is 26.2 Å². The van der Waals surface area contributed by atoms with E-state index in [4.69, 9.17) is 17.9 Å². The van der Waals surface area contributed by atoms with Crippen LogP contribution in [-0.4, -0.2) is 54.5 Å². The van der Waals surface area contributed by atoms with Gasteiger partial charge in [-0.2, -0.15) is 25.5 Å². The molecule has 0 unspecified atom stereocenters. The zero-order valence-electron chi connectivity index (χ0n) is 30.4. The number of carbonyl (C=O) groups excluding carboxylic acids is 1. The lowest BCUT2D eigenvalue weighted by atomic mass is 9.93. The molecule has 10 heteroatoms. The van der Waals surface area contributed by atoms with E-state index >= 15 is 0 Å². The van der Waals surface area contributed by atoms with Crippen LogP contribution in [0, 0.1) is 61.0 Å². The lowest BCUT2D eigenvalue weighted by Gasteiger charge is -2.37. The van der Waals surface area contributed by atoms with Gasteiger partial charge in [-0.1, -0.05) is 84.0 Å². The first-order chi connectivity index (χ1) is 26.2. The third kappa shape index (κ3) is 9.47. The molecule has 0 atom stereocenters. The molecule has 266 valence electrons. The third-order valence-corrected chi connectivity index (χ3v) is 8.88. The largest absolute Gasteiger partial charge is 0.762 e. The molecule has 0 bridgehead atoms. The lowest BCUT2D eigenvalue weighted by molar-refractivity contribution is 0.0873. The van der Waals surface area contributed by atoms with Crippen molar-refractivity contribution in [2.45, 2.75) is 33.6 Å². The Morgan fingerprint density at radius 3 is 2.00 bits per heavy atom. The zero-order valence-corrected chi connectivity index (χ0v) is 30.4. The number of piperazine rings is 1. The lowest BCUT2D eigenvalue weighted by Crippen LogP contribution is -2.48. The maximum Gasteiger partial charge on any atom is 0.528 e. The van der Waals surface area contributed by atoms with Gasteiger partial charge in [-0.25, -0.2) is 10.7 Å². The quantitative estimate of drug-likeness (QED) is 0.105. The number of nitrogens with zero attached hydrogens (tertiary/aromatic N) is 8. The number of ether oxygens (including phenoxy) is 1. The van der Waals surface area contributed by atoms with Gasteiger partial charge in [0.05, 0.1) is 41.0 Å². The molecule has 0 saturated carbocycles. The summed E-state index contributed by atoms with van der Waals surface area (Å²) >= 11 is 0. The van der Waals surface area contributed by atoms with Gasteiger partial charge < -0.3 is 19.9 Å². The number of nitriles is 3. The molecule has 1 aliphatic heterocycles. The zero-order chi connectivity index (χ0) is 39.0. The number of allylic oxidation sites excluding steroid dienone is 13. The Kier molecular flexibility index (Phi) is 14.0. The molecule has 2 aromatic rings. The van der Waals surface area contributed by atoms with Crippen LogP contribution in [0.3, 0.4) is 0 Å². The SMILES string of the molecule is [C-]#[N+]C([N+]#[C-])=C(/C(C#N)=C/C=C/C1=C(N2CCN(C(=O)OCC)CC2)C(=C/C=C/C(C#N)=C(/C(=C=[N-])C#N)c2ccc(C)cc2)/CC1)c1ccc(C)cc1. The van der Waals surface area contributed by atoms with Crippen LogP contribution >= 0.6 is 0 Å². The van der Waals surface area contributed by atoms with E-state index in [9.17, 15) is 26.0 Å². The Morgan fingerprint density at radius 2 is 1.48 bits per heavy atom. The van der Waals surface area contributed by atoms with E-state index in [-0.39, 0.29) is 46.4 Å². The number of benzene rings is 2. The summed E-state index contributed by atoms with van der Waals surface area (Å²) in [5, 5.41) is 39.8. The van der Waals surface area contributed by atoms with Gasteiger partial charge in [0, 0.05) is 37.4 Å². The molecule has 2 aromatic carbocycles. The fourth-order valence-corrected chi connectivity index (χ4v) is 6.20. The second-order valence-electron chi connectivity index (χ2n) is 12.3. The topological polar surface area (TPSA) is 135 Å². The fraction of sp³-hybridized carbons (Fsp3) is 0.227. The minimum absolute atomic E-state index is 0.161. The summed E-state index contributed by atoms with van der Waals surface area (Å²) < 4.78 is 5.22. The molecule has 1 amide bonds. The van der Waals surface area contributed by atoms with Crippen molar-refractivity contribution in [2.75, 3.05) is 32.8 Å². The first-order valence-electron chi connectivity index (χ1n) is 17.2. The van der Waals surface area contributed by atoms with Crippen LogP contribution in [0.4, 0.5) is 4.79 Å². The number of amides is 1. The van der Waals surface area contributed by atoms with Crippen LogP contribution in [0.2, 0.25) is 0 Å². The fourth-order valence-electron chi connectivity index (χ4n) is 6.20. The van der Waals surface area contributed by atoms with Gasteiger partial charge in [-0.3, -0.25) is 0 Å². The summed E-state index contributed by atoms with van der Waals surface area (Å²) in [6.07, 6.45) is 11.6. The van der Waals surface area contributed by atoms with Gasteiger partial charge in [0.25, 0.3) is 0 Å². The van der Waals surface area contributed by atoms with Crippen molar-refractivity contribution in [3.8, 4) is 18.2 Å². The highest BCUT2D eigenvalue weighted by molar-refractivity contribution is 5.97. The Balaban J connectivity index is 1.78. The van der Waals surface area contributed by atoms with E-state index in [0.717, 1.165) is 28.0 Å². The molecular formula is C44H37N8O2-. The van der Waals surface area contributed by atoms with Crippen molar-refractivity contribution in [3.05, 3.63) is 175 Å². The van der Waals surface area contributed by atoms with E-state index in [0.29, 0.717) is 50.1 Å². The predicted octanol–water partition coefficient (Wildman–Crippen LogP) is 8.79. The molecule has 2 aliphatic rings. The van der Waals surface area contributed by atoms with Gasteiger partial charge in [-0.15, -0.1) is 0 Å². The second kappa shape index (κ2) is 19.3. The summed E-state index contributed by atoms with van der Waals surface area (Å²) in [5.74, 6) is 1.74. The van der Waals surface area contributed by atoms with Crippen LogP contribution in [0.1, 0.15) is 42.0 Å². The summed E-state index contributed by atoms with van der Waals surface area (Å²) in [6, 6.07) is 20.9. The molecule has 0 radical (unpaired) electrons. The van der Waals surface area contributed by atoms with Gasteiger partial charge in [0.15, 0.2) is 0 Å². The molecular weight excluding hydrogens is 673 g/mol. The molecule has 1 heterocycles. The van der Waals surface area contributed by atoms with Gasteiger partial charge >= 0.3 is 11.9 Å². The van der Waals surface area contributed by atoms with Crippen LogP contribution in [0.5, 0.6) is 0 Å². The number of aryl methyl sites for hydroxylation is 2.